The zero-order chi connectivity index (χ0) is 25.1. The molecule has 4 nitrogen and oxygen atoms in total. The molecule has 0 amide bonds. The molecule has 0 aromatic carbocycles. The van der Waals surface area contributed by atoms with Crippen molar-refractivity contribution in [3.63, 3.8) is 0 Å². The van der Waals surface area contributed by atoms with Crippen molar-refractivity contribution in [3.05, 3.63) is 23.8 Å². The standard InChI is InChI=1S/C29H48O4Si/c1-9-13-20-25-19(5)14-15-29(31,27(25,6)7)17-22-21-18-32-23(21)16-24(28(22,8)26(20)30)33-34(10-2,11-3)12-4/h9,20-24,31H,1,10-18H2,2-8H3. The molecule has 4 rings (SSSR count). The first-order valence-corrected chi connectivity index (χ1v) is 16.3. The SMILES string of the molecule is C=CCC1C(=O)C2(C)C(O[Si](CC)(CC)CC)CC3OCC3C2CC2(O)CCC(C)=C1C2(C)C. The third-order valence-electron chi connectivity index (χ3n) is 11.1. The summed E-state index contributed by atoms with van der Waals surface area (Å²) in [5.74, 6) is 0.487. The van der Waals surface area contributed by atoms with Crippen molar-refractivity contribution >= 4 is 14.1 Å². The van der Waals surface area contributed by atoms with Gasteiger partial charge >= 0.3 is 0 Å². The monoisotopic (exact) mass is 488 g/mol. The fraction of sp³-hybridized carbons (Fsp3) is 0.828. The molecule has 2 bridgehead atoms. The van der Waals surface area contributed by atoms with Gasteiger partial charge in [0.15, 0.2) is 8.32 Å². The normalized spacial score (nSPS) is 41.6. The molecule has 0 aromatic rings. The predicted molar refractivity (Wildman–Crippen MR) is 140 cm³/mol. The third kappa shape index (κ3) is 3.59. The summed E-state index contributed by atoms with van der Waals surface area (Å²) in [5.41, 5.74) is 0.563. The van der Waals surface area contributed by atoms with E-state index >= 15 is 0 Å². The van der Waals surface area contributed by atoms with E-state index in [2.05, 4.69) is 55.0 Å². The highest BCUT2D eigenvalue weighted by molar-refractivity contribution is 6.73. The number of allylic oxidation sites excluding steroid dienone is 2. The van der Waals surface area contributed by atoms with Gasteiger partial charge in [0.1, 0.15) is 5.78 Å². The van der Waals surface area contributed by atoms with Gasteiger partial charge in [-0.1, -0.05) is 51.8 Å². The summed E-state index contributed by atoms with van der Waals surface area (Å²) >= 11 is 0. The van der Waals surface area contributed by atoms with Crippen LogP contribution in [-0.2, 0) is 14.0 Å². The first kappa shape index (κ1) is 26.3. The van der Waals surface area contributed by atoms with Crippen LogP contribution in [0.1, 0.15) is 80.6 Å². The van der Waals surface area contributed by atoms with Crippen LogP contribution >= 0.6 is 0 Å². The minimum atomic E-state index is -1.95. The van der Waals surface area contributed by atoms with Gasteiger partial charge in [0.25, 0.3) is 0 Å². The highest BCUT2D eigenvalue weighted by Crippen LogP contribution is 2.63. The van der Waals surface area contributed by atoms with Gasteiger partial charge in [0.2, 0.25) is 0 Å². The number of aliphatic hydroxyl groups is 1. The highest BCUT2D eigenvalue weighted by atomic mass is 28.4. The average molecular weight is 489 g/mol. The van der Waals surface area contributed by atoms with Gasteiger partial charge in [-0.2, -0.15) is 0 Å². The molecule has 3 aliphatic carbocycles. The summed E-state index contributed by atoms with van der Waals surface area (Å²) in [5, 5.41) is 12.3. The van der Waals surface area contributed by atoms with Crippen LogP contribution in [0.3, 0.4) is 0 Å². The maximum atomic E-state index is 14.9. The van der Waals surface area contributed by atoms with Crippen LogP contribution < -0.4 is 0 Å². The first-order chi connectivity index (χ1) is 15.9. The number of ether oxygens (including phenoxy) is 1. The van der Waals surface area contributed by atoms with Gasteiger partial charge in [-0.15, -0.1) is 6.58 Å². The van der Waals surface area contributed by atoms with Crippen molar-refractivity contribution in [2.75, 3.05) is 6.61 Å². The second-order valence-corrected chi connectivity index (χ2v) is 17.2. The Kier molecular flexibility index (Phi) is 6.94. The summed E-state index contributed by atoms with van der Waals surface area (Å²) in [6.07, 6.45) is 5.63. The number of carbonyl (C=O) groups excluding carboxylic acids is 1. The second kappa shape index (κ2) is 8.97. The van der Waals surface area contributed by atoms with E-state index in [4.69, 9.17) is 9.16 Å². The molecular formula is C29H48O4Si. The Morgan fingerprint density at radius 2 is 1.85 bits per heavy atom. The molecule has 7 atom stereocenters. The van der Waals surface area contributed by atoms with Crippen LogP contribution in [-0.4, -0.2) is 43.6 Å². The number of hydrogen-bond donors (Lipinski definition) is 1. The van der Waals surface area contributed by atoms with Crippen LogP contribution in [0.5, 0.6) is 0 Å². The predicted octanol–water partition coefficient (Wildman–Crippen LogP) is 6.45. The number of hydrogen-bond acceptors (Lipinski definition) is 4. The molecule has 5 heteroatoms. The summed E-state index contributed by atoms with van der Waals surface area (Å²) in [6, 6.07) is 3.20. The Hall–Kier alpha value is -0.753. The Morgan fingerprint density at radius 1 is 1.21 bits per heavy atom. The topological polar surface area (TPSA) is 55.8 Å². The smallest absolute Gasteiger partial charge is 0.192 e. The van der Waals surface area contributed by atoms with Gasteiger partial charge in [0, 0.05) is 17.3 Å². The van der Waals surface area contributed by atoms with Gasteiger partial charge in [-0.05, 0) is 70.0 Å². The van der Waals surface area contributed by atoms with Gasteiger partial charge in [-0.3, -0.25) is 4.79 Å². The lowest BCUT2D eigenvalue weighted by Crippen LogP contribution is -2.68. The Bertz CT molecular complexity index is 850. The lowest BCUT2D eigenvalue weighted by Gasteiger charge is -2.63. The van der Waals surface area contributed by atoms with Gasteiger partial charge in [-0.25, -0.2) is 0 Å². The van der Waals surface area contributed by atoms with Crippen molar-refractivity contribution < 1.29 is 19.1 Å². The van der Waals surface area contributed by atoms with E-state index in [1.54, 1.807) is 0 Å². The molecule has 0 aromatic heterocycles. The number of fused-ring (bicyclic) bond motifs is 5. The molecule has 1 N–H and O–H groups in total. The maximum Gasteiger partial charge on any atom is 0.192 e. The quantitative estimate of drug-likeness (QED) is 0.330. The number of carbonyl (C=O) groups is 1. The van der Waals surface area contributed by atoms with Crippen molar-refractivity contribution in [2.24, 2.45) is 28.6 Å². The van der Waals surface area contributed by atoms with Crippen molar-refractivity contribution in [3.8, 4) is 0 Å². The van der Waals surface area contributed by atoms with Crippen molar-refractivity contribution in [1.82, 2.24) is 0 Å². The lowest BCUT2D eigenvalue weighted by atomic mass is 9.46. The Labute approximate surface area is 208 Å². The van der Waals surface area contributed by atoms with E-state index in [-0.39, 0.29) is 24.0 Å². The molecule has 0 radical (unpaired) electrons. The molecule has 1 saturated heterocycles. The summed E-state index contributed by atoms with van der Waals surface area (Å²) in [6.45, 7) is 20.2. The fourth-order valence-electron chi connectivity index (χ4n) is 8.26. The average Bonchev–Trinajstić information content (AvgIpc) is 2.78. The molecule has 4 aliphatic rings. The Balaban J connectivity index is 1.89. The Morgan fingerprint density at radius 3 is 2.38 bits per heavy atom. The third-order valence-corrected chi connectivity index (χ3v) is 15.7. The fourth-order valence-corrected chi connectivity index (χ4v) is 11.2. The van der Waals surface area contributed by atoms with E-state index in [0.29, 0.717) is 31.1 Å². The van der Waals surface area contributed by atoms with Crippen molar-refractivity contribution in [2.45, 2.75) is 117 Å². The summed E-state index contributed by atoms with van der Waals surface area (Å²) < 4.78 is 13.3. The van der Waals surface area contributed by atoms with Crippen LogP contribution in [0.2, 0.25) is 18.1 Å². The van der Waals surface area contributed by atoms with Crippen LogP contribution in [0, 0.1) is 28.6 Å². The maximum absolute atomic E-state index is 14.9. The minimum absolute atomic E-state index is 0.0753. The van der Waals surface area contributed by atoms with E-state index < -0.39 is 24.7 Å². The molecule has 34 heavy (non-hydrogen) atoms. The van der Waals surface area contributed by atoms with Crippen LogP contribution in [0.25, 0.3) is 0 Å². The zero-order valence-electron chi connectivity index (χ0n) is 22.7. The summed E-state index contributed by atoms with van der Waals surface area (Å²) in [4.78, 5) is 14.9. The molecule has 1 heterocycles. The van der Waals surface area contributed by atoms with E-state index in [9.17, 15) is 9.90 Å². The van der Waals surface area contributed by atoms with Gasteiger partial charge in [0.05, 0.1) is 29.8 Å². The van der Waals surface area contributed by atoms with E-state index in [1.165, 1.54) is 11.1 Å². The van der Waals surface area contributed by atoms with E-state index in [0.717, 1.165) is 37.4 Å². The molecule has 2 saturated carbocycles. The van der Waals surface area contributed by atoms with Crippen LogP contribution in [0.4, 0.5) is 0 Å². The largest absolute Gasteiger partial charge is 0.413 e. The van der Waals surface area contributed by atoms with E-state index in [1.807, 2.05) is 6.08 Å². The highest BCUT2D eigenvalue weighted by Gasteiger charge is 2.66. The van der Waals surface area contributed by atoms with Gasteiger partial charge < -0.3 is 14.3 Å². The number of Topliss-reactive ketones (excluding diaryl/α,β-unsaturated/α-hetero) is 1. The molecule has 3 fully saturated rings. The van der Waals surface area contributed by atoms with Crippen molar-refractivity contribution in [1.29, 1.82) is 0 Å². The zero-order valence-corrected chi connectivity index (χ0v) is 23.7. The summed E-state index contributed by atoms with van der Waals surface area (Å²) in [7, 11) is -1.95. The molecule has 7 unspecified atom stereocenters. The number of ketones is 1. The number of rotatable bonds is 7. The molecule has 1 aliphatic heterocycles. The lowest BCUT2D eigenvalue weighted by molar-refractivity contribution is -0.237. The minimum Gasteiger partial charge on any atom is -0.413 e. The second-order valence-electron chi connectivity index (χ2n) is 12.5. The van der Waals surface area contributed by atoms with Crippen LogP contribution in [0.15, 0.2) is 23.8 Å². The molecular weight excluding hydrogens is 440 g/mol. The first-order valence-electron chi connectivity index (χ1n) is 13.8. The molecule has 0 spiro atoms. The molecule has 192 valence electrons.